The predicted octanol–water partition coefficient (Wildman–Crippen LogP) is 1.75. The summed E-state index contributed by atoms with van der Waals surface area (Å²) in [6.45, 7) is 1.10. The van der Waals surface area contributed by atoms with Gasteiger partial charge >= 0.3 is 7.60 Å². The monoisotopic (exact) mass is 197 g/mol. The molecule has 0 heterocycles. The number of hydrogen-bond acceptors (Lipinski definition) is 3. The Balaban J connectivity index is 2.83. The van der Waals surface area contributed by atoms with Crippen molar-refractivity contribution in [1.82, 2.24) is 0 Å². The molecule has 1 aromatic rings. The molecule has 1 atom stereocenters. The van der Waals surface area contributed by atoms with Crippen LogP contribution in [0, 0.1) is 11.3 Å². The molecule has 0 fully saturated rings. The average molecular weight is 197 g/mol. The fourth-order valence-electron chi connectivity index (χ4n) is 0.786. The molecule has 0 saturated carbocycles. The van der Waals surface area contributed by atoms with Gasteiger partial charge in [-0.05, 0) is 24.3 Å². The first-order valence-electron chi connectivity index (χ1n) is 3.51. The topological polar surface area (TPSA) is 70.3 Å². The summed E-state index contributed by atoms with van der Waals surface area (Å²) < 4.78 is 15.5. The molecule has 5 heteroatoms. The maximum atomic E-state index is 10.8. The van der Waals surface area contributed by atoms with Crippen molar-refractivity contribution in [2.75, 3.05) is 6.66 Å². The van der Waals surface area contributed by atoms with Crippen LogP contribution in [0.5, 0.6) is 5.75 Å². The molecule has 1 aromatic carbocycles. The highest BCUT2D eigenvalue weighted by Gasteiger charge is 2.10. The zero-order valence-corrected chi connectivity index (χ0v) is 7.86. The summed E-state index contributed by atoms with van der Waals surface area (Å²) in [4.78, 5) is 8.87. The van der Waals surface area contributed by atoms with E-state index in [1.165, 1.54) is 24.3 Å². The van der Waals surface area contributed by atoms with E-state index in [0.717, 1.165) is 6.66 Å². The first kappa shape index (κ1) is 9.79. The fraction of sp³-hybridized carbons (Fsp3) is 0.125. The zero-order valence-electron chi connectivity index (χ0n) is 6.97. The van der Waals surface area contributed by atoms with Crippen LogP contribution in [0.4, 0.5) is 0 Å². The summed E-state index contributed by atoms with van der Waals surface area (Å²) in [5.74, 6) is 0.285. The molecule has 0 bridgehead atoms. The lowest BCUT2D eigenvalue weighted by molar-refractivity contribution is 0.387. The Morgan fingerprint density at radius 1 is 1.46 bits per heavy atom. The van der Waals surface area contributed by atoms with Gasteiger partial charge < -0.3 is 9.42 Å². The maximum absolute atomic E-state index is 10.8. The Kier molecular flexibility index (Phi) is 2.72. The highest BCUT2D eigenvalue weighted by molar-refractivity contribution is 7.52. The molecule has 1 unspecified atom stereocenters. The summed E-state index contributed by atoms with van der Waals surface area (Å²) in [7, 11) is -3.49. The van der Waals surface area contributed by atoms with Gasteiger partial charge in [-0.1, -0.05) is 0 Å². The number of benzene rings is 1. The Labute approximate surface area is 75.9 Å². The first-order chi connectivity index (χ1) is 6.01. The quantitative estimate of drug-likeness (QED) is 0.733. The summed E-state index contributed by atoms with van der Waals surface area (Å²) >= 11 is 0. The lowest BCUT2D eigenvalue weighted by atomic mass is 10.2. The van der Waals surface area contributed by atoms with Crippen molar-refractivity contribution < 1.29 is 14.0 Å². The van der Waals surface area contributed by atoms with E-state index in [2.05, 4.69) is 0 Å². The van der Waals surface area contributed by atoms with Crippen LogP contribution in [0.1, 0.15) is 5.56 Å². The Hall–Kier alpha value is -1.30. The van der Waals surface area contributed by atoms with Gasteiger partial charge in [0.25, 0.3) is 0 Å². The minimum atomic E-state index is -3.49. The summed E-state index contributed by atoms with van der Waals surface area (Å²) in [6.07, 6.45) is 0. The predicted molar refractivity (Wildman–Crippen MR) is 47.5 cm³/mol. The molecule has 4 nitrogen and oxygen atoms in total. The third kappa shape index (κ3) is 3.29. The van der Waals surface area contributed by atoms with Gasteiger partial charge in [0.1, 0.15) is 5.75 Å². The summed E-state index contributed by atoms with van der Waals surface area (Å²) in [6, 6.07) is 7.92. The maximum Gasteiger partial charge on any atom is 0.373 e. The van der Waals surface area contributed by atoms with Crippen molar-refractivity contribution in [3.05, 3.63) is 29.8 Å². The van der Waals surface area contributed by atoms with E-state index in [4.69, 9.17) is 14.7 Å². The van der Waals surface area contributed by atoms with Crippen molar-refractivity contribution in [3.8, 4) is 11.8 Å². The van der Waals surface area contributed by atoms with Crippen molar-refractivity contribution in [3.63, 3.8) is 0 Å². The van der Waals surface area contributed by atoms with E-state index in [0.29, 0.717) is 5.56 Å². The number of rotatable bonds is 2. The van der Waals surface area contributed by atoms with E-state index in [9.17, 15) is 4.57 Å². The third-order valence-corrected chi connectivity index (χ3v) is 1.81. The van der Waals surface area contributed by atoms with Gasteiger partial charge in [-0.25, -0.2) is 4.57 Å². The van der Waals surface area contributed by atoms with Gasteiger partial charge in [0, 0.05) is 6.66 Å². The molecular formula is C8H8NO3P. The summed E-state index contributed by atoms with van der Waals surface area (Å²) in [5.41, 5.74) is 0.483. The van der Waals surface area contributed by atoms with Crippen LogP contribution in [-0.4, -0.2) is 11.6 Å². The molecule has 68 valence electrons. The first-order valence-corrected chi connectivity index (χ1v) is 5.54. The van der Waals surface area contributed by atoms with Crippen LogP contribution in [0.15, 0.2) is 24.3 Å². The Morgan fingerprint density at radius 2 is 2.00 bits per heavy atom. The lowest BCUT2D eigenvalue weighted by Crippen LogP contribution is -1.88. The van der Waals surface area contributed by atoms with Gasteiger partial charge in [-0.15, -0.1) is 0 Å². The molecule has 1 N–H and O–H groups in total. The third-order valence-electron chi connectivity index (χ3n) is 1.26. The summed E-state index contributed by atoms with van der Waals surface area (Å²) in [5, 5.41) is 8.47. The van der Waals surface area contributed by atoms with E-state index in [1.807, 2.05) is 6.07 Å². The molecular weight excluding hydrogens is 189 g/mol. The van der Waals surface area contributed by atoms with Crippen LogP contribution in [0.3, 0.4) is 0 Å². The molecule has 0 aromatic heterocycles. The van der Waals surface area contributed by atoms with Crippen LogP contribution >= 0.6 is 7.60 Å². The molecule has 1 rings (SSSR count). The van der Waals surface area contributed by atoms with Gasteiger partial charge in [0.2, 0.25) is 0 Å². The van der Waals surface area contributed by atoms with Gasteiger partial charge in [0.15, 0.2) is 0 Å². The van der Waals surface area contributed by atoms with E-state index in [-0.39, 0.29) is 5.75 Å². The highest BCUT2D eigenvalue weighted by atomic mass is 31.2. The van der Waals surface area contributed by atoms with E-state index >= 15 is 0 Å². The van der Waals surface area contributed by atoms with Crippen molar-refractivity contribution in [2.45, 2.75) is 0 Å². The van der Waals surface area contributed by atoms with Gasteiger partial charge in [-0.3, -0.25) is 0 Å². The van der Waals surface area contributed by atoms with Crippen LogP contribution in [0.2, 0.25) is 0 Å². The molecule has 0 aliphatic rings. The smallest absolute Gasteiger partial charge is 0.373 e. The molecule has 0 aliphatic heterocycles. The minimum absolute atomic E-state index is 0.285. The normalized spacial score (nSPS) is 14.2. The largest absolute Gasteiger partial charge is 0.425 e. The molecule has 0 radical (unpaired) electrons. The van der Waals surface area contributed by atoms with Crippen LogP contribution < -0.4 is 4.52 Å². The van der Waals surface area contributed by atoms with E-state index < -0.39 is 7.60 Å². The second-order valence-corrected chi connectivity index (χ2v) is 4.32. The van der Waals surface area contributed by atoms with Crippen molar-refractivity contribution in [1.29, 1.82) is 5.26 Å². The van der Waals surface area contributed by atoms with Crippen molar-refractivity contribution >= 4 is 7.60 Å². The molecule has 13 heavy (non-hydrogen) atoms. The average Bonchev–Trinajstić information content (AvgIpc) is 2.03. The van der Waals surface area contributed by atoms with Gasteiger partial charge in [-0.2, -0.15) is 5.26 Å². The van der Waals surface area contributed by atoms with Crippen molar-refractivity contribution in [2.24, 2.45) is 0 Å². The molecule has 0 amide bonds. The SMILES string of the molecule is CP(=O)(O)Oc1ccc(C#N)cc1. The molecule has 0 saturated heterocycles. The molecule has 0 aliphatic carbocycles. The highest BCUT2D eigenvalue weighted by Crippen LogP contribution is 2.37. The fourth-order valence-corrected chi connectivity index (χ4v) is 1.30. The van der Waals surface area contributed by atoms with E-state index in [1.54, 1.807) is 0 Å². The minimum Gasteiger partial charge on any atom is -0.425 e. The Bertz CT molecular complexity index is 373. The van der Waals surface area contributed by atoms with Gasteiger partial charge in [0.05, 0.1) is 11.6 Å². The molecule has 0 spiro atoms. The second kappa shape index (κ2) is 3.61. The second-order valence-electron chi connectivity index (χ2n) is 2.53. The lowest BCUT2D eigenvalue weighted by Gasteiger charge is -2.07. The van der Waals surface area contributed by atoms with Crippen LogP contribution in [0.25, 0.3) is 0 Å². The number of hydrogen-bond donors (Lipinski definition) is 1. The van der Waals surface area contributed by atoms with Crippen LogP contribution in [-0.2, 0) is 4.57 Å². The number of nitrogens with zero attached hydrogens (tertiary/aromatic N) is 1. The zero-order chi connectivity index (χ0) is 9.90. The Morgan fingerprint density at radius 3 is 2.38 bits per heavy atom. The number of nitriles is 1. The standard InChI is InChI=1S/C8H8NO3P/c1-13(10,11)12-8-4-2-7(6-9)3-5-8/h2-5H,1H3,(H,10,11).